The molecule has 0 bridgehead atoms. The van der Waals surface area contributed by atoms with E-state index in [4.69, 9.17) is 19.9 Å². The van der Waals surface area contributed by atoms with E-state index in [0.717, 1.165) is 16.3 Å². The van der Waals surface area contributed by atoms with Crippen LogP contribution >= 0.6 is 0 Å². The number of amides is 1. The zero-order valence-electron chi connectivity index (χ0n) is 24.4. The monoisotopic (exact) mass is 594 g/mol. The Balaban J connectivity index is 1.33. The molecule has 1 amide bonds. The number of para-hydroxylation sites is 1. The molecular weight excluding hydrogens is 563 g/mol. The molecule has 3 heterocycles. The van der Waals surface area contributed by atoms with Crippen molar-refractivity contribution in [2.75, 3.05) is 38.8 Å². The molecule has 3 N–H and O–H groups in total. The van der Waals surface area contributed by atoms with E-state index in [0.29, 0.717) is 54.4 Å². The lowest BCUT2D eigenvalue weighted by Gasteiger charge is -2.29. The molecule has 0 radical (unpaired) electrons. The minimum atomic E-state index is -0.600. The van der Waals surface area contributed by atoms with Gasteiger partial charge in [-0.25, -0.2) is 4.39 Å². The van der Waals surface area contributed by atoms with Gasteiger partial charge in [0.05, 0.1) is 25.3 Å². The standard InChI is InChI=1S/C34H31FN4O5/c1-42-27-9-5-8-19(32(27)43-2)10-12-37-34(41)24-18-39-26-14-20-6-3-4-7-21(20)15-28(26)44-33-29(39)23(31(24)40)16-25(35)30(33)38-13-11-22(36)17-38/h3-9,14-16,18,22H,10-13,17,36H2,1-2H3,(H,37,41). The first-order valence-corrected chi connectivity index (χ1v) is 14.5. The highest BCUT2D eigenvalue weighted by atomic mass is 19.1. The molecule has 1 aromatic heterocycles. The van der Waals surface area contributed by atoms with E-state index < -0.39 is 17.2 Å². The third kappa shape index (κ3) is 4.49. The number of hydrogen-bond donors (Lipinski definition) is 2. The highest BCUT2D eigenvalue weighted by Gasteiger charge is 2.33. The molecule has 1 unspecified atom stereocenters. The fraction of sp³-hybridized carbons (Fsp3) is 0.235. The maximum absolute atomic E-state index is 15.9. The van der Waals surface area contributed by atoms with E-state index in [-0.39, 0.29) is 35.0 Å². The van der Waals surface area contributed by atoms with Crippen molar-refractivity contribution in [3.05, 3.63) is 94.0 Å². The number of anilines is 1. The summed E-state index contributed by atoms with van der Waals surface area (Å²) in [5.74, 6) is 0.745. The number of pyridine rings is 1. The van der Waals surface area contributed by atoms with Gasteiger partial charge in [0.15, 0.2) is 28.8 Å². The molecule has 9 nitrogen and oxygen atoms in total. The number of nitrogens with zero attached hydrogens (tertiary/aromatic N) is 2. The number of benzene rings is 4. The summed E-state index contributed by atoms with van der Waals surface area (Å²) in [5.41, 5.74) is 7.65. The topological polar surface area (TPSA) is 108 Å². The molecule has 1 atom stereocenters. The molecule has 10 heteroatoms. The van der Waals surface area contributed by atoms with E-state index in [9.17, 15) is 9.59 Å². The van der Waals surface area contributed by atoms with Crippen LogP contribution in [0.15, 0.2) is 71.7 Å². The number of carbonyl (C=O) groups is 1. The minimum absolute atomic E-state index is 0.0608. The number of hydrogen-bond acceptors (Lipinski definition) is 7. The van der Waals surface area contributed by atoms with Gasteiger partial charge in [0.25, 0.3) is 5.91 Å². The van der Waals surface area contributed by atoms with Gasteiger partial charge in [-0.3, -0.25) is 9.59 Å². The van der Waals surface area contributed by atoms with Crippen LogP contribution < -0.4 is 35.6 Å². The summed E-state index contributed by atoms with van der Waals surface area (Å²) in [6.07, 6.45) is 2.69. The first kappa shape index (κ1) is 27.7. The lowest BCUT2D eigenvalue weighted by Crippen LogP contribution is -2.32. The van der Waals surface area contributed by atoms with Crippen LogP contribution in [0, 0.1) is 5.82 Å². The summed E-state index contributed by atoms with van der Waals surface area (Å²) in [7, 11) is 3.12. The lowest BCUT2D eigenvalue weighted by molar-refractivity contribution is 0.0952. The van der Waals surface area contributed by atoms with Crippen molar-refractivity contribution in [2.24, 2.45) is 5.73 Å². The van der Waals surface area contributed by atoms with Gasteiger partial charge in [0, 0.05) is 31.9 Å². The van der Waals surface area contributed by atoms with E-state index in [1.807, 2.05) is 53.4 Å². The van der Waals surface area contributed by atoms with Crippen molar-refractivity contribution in [1.29, 1.82) is 0 Å². The van der Waals surface area contributed by atoms with Gasteiger partial charge >= 0.3 is 0 Å². The Kier molecular flexibility index (Phi) is 6.85. The molecule has 0 spiro atoms. The normalized spacial score (nSPS) is 15.3. The predicted molar refractivity (Wildman–Crippen MR) is 167 cm³/mol. The number of carbonyl (C=O) groups excluding carboxylic acids is 1. The first-order valence-electron chi connectivity index (χ1n) is 14.5. The molecule has 0 aliphatic carbocycles. The van der Waals surface area contributed by atoms with E-state index >= 15 is 4.39 Å². The Bertz CT molecular complexity index is 2020. The Labute approximate surface area is 252 Å². The van der Waals surface area contributed by atoms with Crippen LogP contribution in [0.2, 0.25) is 0 Å². The number of methoxy groups -OCH3 is 2. The fourth-order valence-corrected chi connectivity index (χ4v) is 6.29. The molecule has 0 saturated carbocycles. The Morgan fingerprint density at radius 2 is 1.89 bits per heavy atom. The van der Waals surface area contributed by atoms with Gasteiger partial charge in [-0.1, -0.05) is 36.4 Å². The van der Waals surface area contributed by atoms with Crippen LogP contribution in [0.4, 0.5) is 10.1 Å². The summed E-state index contributed by atoms with van der Waals surface area (Å²) in [5, 5.41) is 4.82. The molecule has 2 aliphatic heterocycles. The van der Waals surface area contributed by atoms with Gasteiger partial charge in [0.2, 0.25) is 5.43 Å². The smallest absolute Gasteiger partial charge is 0.256 e. The van der Waals surface area contributed by atoms with E-state index in [2.05, 4.69) is 5.32 Å². The van der Waals surface area contributed by atoms with Crippen molar-refractivity contribution in [3.63, 3.8) is 0 Å². The van der Waals surface area contributed by atoms with Crippen LogP contribution in [-0.2, 0) is 6.42 Å². The Hall–Kier alpha value is -5.09. The Morgan fingerprint density at radius 3 is 2.61 bits per heavy atom. The number of halogens is 1. The maximum Gasteiger partial charge on any atom is 0.256 e. The summed E-state index contributed by atoms with van der Waals surface area (Å²) >= 11 is 0. The second kappa shape index (κ2) is 10.9. The molecule has 7 rings (SSSR count). The molecule has 5 aromatic rings. The van der Waals surface area contributed by atoms with E-state index in [1.165, 1.54) is 12.3 Å². The summed E-state index contributed by atoms with van der Waals surface area (Å²) in [4.78, 5) is 29.2. The van der Waals surface area contributed by atoms with E-state index in [1.54, 1.807) is 24.9 Å². The number of nitrogens with two attached hydrogens (primary N) is 1. The zero-order chi connectivity index (χ0) is 30.5. The molecule has 224 valence electrons. The number of aromatic nitrogens is 1. The van der Waals surface area contributed by atoms with Crippen LogP contribution in [-0.4, -0.2) is 50.4 Å². The minimum Gasteiger partial charge on any atom is -0.493 e. The van der Waals surface area contributed by atoms with Crippen molar-refractivity contribution < 1.29 is 23.4 Å². The van der Waals surface area contributed by atoms with Crippen molar-refractivity contribution in [2.45, 2.75) is 18.9 Å². The predicted octanol–water partition coefficient (Wildman–Crippen LogP) is 4.92. The number of nitrogens with one attached hydrogen (secondary N) is 1. The van der Waals surface area contributed by atoms with Crippen molar-refractivity contribution in [3.8, 4) is 28.7 Å². The molecule has 44 heavy (non-hydrogen) atoms. The second-order valence-corrected chi connectivity index (χ2v) is 11.1. The van der Waals surface area contributed by atoms with Gasteiger partial charge < -0.3 is 34.7 Å². The van der Waals surface area contributed by atoms with Gasteiger partial charge in [-0.05, 0) is 53.4 Å². The molecular formula is C34H31FN4O5. The molecule has 4 aromatic carbocycles. The number of ether oxygens (including phenoxy) is 3. The maximum atomic E-state index is 15.9. The Morgan fingerprint density at radius 1 is 1.09 bits per heavy atom. The van der Waals surface area contributed by atoms with Crippen LogP contribution in [0.1, 0.15) is 22.3 Å². The fourth-order valence-electron chi connectivity index (χ4n) is 6.29. The van der Waals surface area contributed by atoms with Crippen LogP contribution in [0.5, 0.6) is 23.0 Å². The highest BCUT2D eigenvalue weighted by Crippen LogP contribution is 2.48. The van der Waals surface area contributed by atoms with Gasteiger partial charge in [0.1, 0.15) is 16.8 Å². The van der Waals surface area contributed by atoms with Gasteiger partial charge in [-0.2, -0.15) is 0 Å². The number of rotatable bonds is 7. The van der Waals surface area contributed by atoms with Crippen LogP contribution in [0.3, 0.4) is 0 Å². The average Bonchev–Trinajstić information content (AvgIpc) is 3.46. The second-order valence-electron chi connectivity index (χ2n) is 11.1. The highest BCUT2D eigenvalue weighted by molar-refractivity contribution is 6.02. The van der Waals surface area contributed by atoms with Crippen LogP contribution in [0.25, 0.3) is 27.4 Å². The van der Waals surface area contributed by atoms with Crippen molar-refractivity contribution >= 4 is 33.3 Å². The number of fused-ring (bicyclic) bond motifs is 3. The third-order valence-electron chi connectivity index (χ3n) is 8.42. The first-order chi connectivity index (χ1) is 21.4. The van der Waals surface area contributed by atoms with Gasteiger partial charge in [-0.15, -0.1) is 0 Å². The SMILES string of the molecule is COc1cccc(CCNC(=O)c2cn3c4c(c(N5CCC(N)C5)c(F)cc4c2=O)Oc2cc4ccccc4cc2-3)c1OC. The molecule has 1 saturated heterocycles. The third-order valence-corrected chi connectivity index (χ3v) is 8.42. The molecule has 1 fully saturated rings. The average molecular weight is 595 g/mol. The summed E-state index contributed by atoms with van der Waals surface area (Å²) in [6, 6.07) is 18.3. The quantitative estimate of drug-likeness (QED) is 0.270. The summed E-state index contributed by atoms with van der Waals surface area (Å²) in [6.45, 7) is 1.26. The lowest BCUT2D eigenvalue weighted by atomic mass is 10.0. The van der Waals surface area contributed by atoms with Crippen molar-refractivity contribution in [1.82, 2.24) is 9.88 Å². The summed E-state index contributed by atoms with van der Waals surface area (Å²) < 4.78 is 35.0. The zero-order valence-corrected chi connectivity index (χ0v) is 24.4. The molecule has 2 aliphatic rings. The largest absolute Gasteiger partial charge is 0.493 e.